The van der Waals surface area contributed by atoms with E-state index in [-0.39, 0.29) is 5.91 Å². The van der Waals surface area contributed by atoms with Crippen molar-refractivity contribution in [1.82, 2.24) is 0 Å². The van der Waals surface area contributed by atoms with Crippen LogP contribution in [0.25, 0.3) is 0 Å². The molecule has 0 radical (unpaired) electrons. The number of hydrogen-bond donors (Lipinski definition) is 0. The molecule has 18 heavy (non-hydrogen) atoms. The zero-order valence-electron chi connectivity index (χ0n) is 10.4. The van der Waals surface area contributed by atoms with Crippen molar-refractivity contribution in [1.29, 1.82) is 0 Å². The second kappa shape index (κ2) is 5.89. The van der Waals surface area contributed by atoms with Crippen LogP contribution >= 0.6 is 0 Å². The second-order valence-electron chi connectivity index (χ2n) is 4.07. The van der Waals surface area contributed by atoms with Crippen molar-refractivity contribution in [2.75, 3.05) is 11.4 Å². The van der Waals surface area contributed by atoms with Crippen molar-refractivity contribution in [3.05, 3.63) is 29.8 Å². The third kappa shape index (κ3) is 3.75. The molecule has 1 aromatic rings. The van der Waals surface area contributed by atoms with Gasteiger partial charge in [-0.2, -0.15) is 13.2 Å². The van der Waals surface area contributed by atoms with Crippen LogP contribution in [0.15, 0.2) is 24.3 Å². The lowest BCUT2D eigenvalue weighted by molar-refractivity contribution is -0.137. The number of anilines is 1. The molecule has 0 bridgehead atoms. The van der Waals surface area contributed by atoms with Crippen molar-refractivity contribution in [3.8, 4) is 0 Å². The monoisotopic (exact) mass is 259 g/mol. The molecule has 1 amide bonds. The second-order valence-corrected chi connectivity index (χ2v) is 4.07. The first-order valence-electron chi connectivity index (χ1n) is 5.81. The van der Waals surface area contributed by atoms with Gasteiger partial charge in [0.1, 0.15) is 0 Å². The first kappa shape index (κ1) is 14.5. The highest BCUT2D eigenvalue weighted by molar-refractivity contribution is 5.91. The van der Waals surface area contributed by atoms with Crippen LogP contribution in [0.4, 0.5) is 18.9 Å². The standard InChI is InChI=1S/C13H16F3NO/c1-3-4-8-17(10(2)18)12-7-5-6-11(9-12)13(14,15)16/h5-7,9H,3-4,8H2,1-2H3. The minimum absolute atomic E-state index is 0.247. The molecule has 0 aliphatic rings. The molecule has 0 unspecified atom stereocenters. The Hall–Kier alpha value is -1.52. The van der Waals surface area contributed by atoms with Gasteiger partial charge in [0.15, 0.2) is 0 Å². The number of hydrogen-bond acceptors (Lipinski definition) is 1. The third-order valence-electron chi connectivity index (χ3n) is 2.60. The van der Waals surface area contributed by atoms with Gasteiger partial charge in [0.05, 0.1) is 5.56 Å². The van der Waals surface area contributed by atoms with E-state index >= 15 is 0 Å². The molecular formula is C13H16F3NO. The molecule has 0 aliphatic carbocycles. The van der Waals surface area contributed by atoms with E-state index in [4.69, 9.17) is 0 Å². The SMILES string of the molecule is CCCCN(C(C)=O)c1cccc(C(F)(F)F)c1. The van der Waals surface area contributed by atoms with Gasteiger partial charge in [0, 0.05) is 19.2 Å². The molecule has 0 aliphatic heterocycles. The Morgan fingerprint density at radius 2 is 2.00 bits per heavy atom. The number of rotatable bonds is 4. The highest BCUT2D eigenvalue weighted by atomic mass is 19.4. The molecule has 5 heteroatoms. The Morgan fingerprint density at radius 1 is 1.33 bits per heavy atom. The van der Waals surface area contributed by atoms with Gasteiger partial charge in [0.25, 0.3) is 0 Å². The average molecular weight is 259 g/mol. The number of carbonyl (C=O) groups is 1. The minimum Gasteiger partial charge on any atom is -0.313 e. The lowest BCUT2D eigenvalue weighted by Crippen LogP contribution is -2.29. The van der Waals surface area contributed by atoms with Crippen LogP contribution in [-0.4, -0.2) is 12.5 Å². The van der Waals surface area contributed by atoms with Gasteiger partial charge in [-0.05, 0) is 24.6 Å². The van der Waals surface area contributed by atoms with Crippen molar-refractivity contribution >= 4 is 11.6 Å². The summed E-state index contributed by atoms with van der Waals surface area (Å²) in [6.45, 7) is 3.76. The number of nitrogens with zero attached hydrogens (tertiary/aromatic N) is 1. The Labute approximate surface area is 104 Å². The topological polar surface area (TPSA) is 20.3 Å². The summed E-state index contributed by atoms with van der Waals surface area (Å²) in [5, 5.41) is 0. The first-order chi connectivity index (χ1) is 8.36. The maximum atomic E-state index is 12.6. The van der Waals surface area contributed by atoms with E-state index in [9.17, 15) is 18.0 Å². The molecule has 0 N–H and O–H groups in total. The zero-order chi connectivity index (χ0) is 13.8. The molecule has 100 valence electrons. The van der Waals surface area contributed by atoms with Crippen molar-refractivity contribution < 1.29 is 18.0 Å². The van der Waals surface area contributed by atoms with Crippen molar-refractivity contribution in [2.24, 2.45) is 0 Å². The summed E-state index contributed by atoms with van der Waals surface area (Å²) in [6.07, 6.45) is -2.75. The number of halogens is 3. The summed E-state index contributed by atoms with van der Waals surface area (Å²) >= 11 is 0. The van der Waals surface area contributed by atoms with Gasteiger partial charge in [-0.25, -0.2) is 0 Å². The van der Waals surface area contributed by atoms with Gasteiger partial charge in [0.2, 0.25) is 5.91 Å². The van der Waals surface area contributed by atoms with Crippen LogP contribution in [0.5, 0.6) is 0 Å². The van der Waals surface area contributed by atoms with Gasteiger partial charge in [-0.1, -0.05) is 19.4 Å². The lowest BCUT2D eigenvalue weighted by atomic mass is 10.1. The Bertz CT molecular complexity index is 415. The minimum atomic E-state index is -4.39. The van der Waals surface area contributed by atoms with E-state index in [0.717, 1.165) is 25.0 Å². The molecule has 2 nitrogen and oxygen atoms in total. The fourth-order valence-corrected chi connectivity index (χ4v) is 1.63. The number of benzene rings is 1. The van der Waals surface area contributed by atoms with E-state index in [0.29, 0.717) is 12.2 Å². The fraction of sp³-hybridized carbons (Fsp3) is 0.462. The molecule has 0 heterocycles. The highest BCUT2D eigenvalue weighted by Crippen LogP contribution is 2.31. The summed E-state index contributed by atoms with van der Waals surface area (Å²) < 4.78 is 37.7. The average Bonchev–Trinajstić information content (AvgIpc) is 2.28. The normalized spacial score (nSPS) is 11.4. The van der Waals surface area contributed by atoms with Crippen LogP contribution in [0.2, 0.25) is 0 Å². The van der Waals surface area contributed by atoms with Gasteiger partial charge in [-0.3, -0.25) is 4.79 Å². The smallest absolute Gasteiger partial charge is 0.313 e. The Kier molecular flexibility index (Phi) is 4.76. The quantitative estimate of drug-likeness (QED) is 0.804. The van der Waals surface area contributed by atoms with Gasteiger partial charge in [-0.15, -0.1) is 0 Å². The highest BCUT2D eigenvalue weighted by Gasteiger charge is 2.31. The van der Waals surface area contributed by atoms with E-state index < -0.39 is 11.7 Å². The summed E-state index contributed by atoms with van der Waals surface area (Å²) in [4.78, 5) is 12.8. The molecule has 0 aromatic heterocycles. The molecule has 0 spiro atoms. The fourth-order valence-electron chi connectivity index (χ4n) is 1.63. The maximum absolute atomic E-state index is 12.6. The first-order valence-corrected chi connectivity index (χ1v) is 5.81. The summed E-state index contributed by atoms with van der Waals surface area (Å²) in [7, 11) is 0. The molecule has 0 saturated carbocycles. The van der Waals surface area contributed by atoms with E-state index in [2.05, 4.69) is 0 Å². The maximum Gasteiger partial charge on any atom is 0.416 e. The molecule has 1 rings (SSSR count). The molecule has 0 fully saturated rings. The van der Waals surface area contributed by atoms with Crippen LogP contribution < -0.4 is 4.90 Å². The predicted molar refractivity (Wildman–Crippen MR) is 64.4 cm³/mol. The molecule has 1 aromatic carbocycles. The Morgan fingerprint density at radius 3 is 2.50 bits per heavy atom. The van der Waals surface area contributed by atoms with Gasteiger partial charge < -0.3 is 4.90 Å². The van der Waals surface area contributed by atoms with Crippen molar-refractivity contribution in [3.63, 3.8) is 0 Å². The van der Waals surface area contributed by atoms with E-state index in [1.807, 2.05) is 6.92 Å². The zero-order valence-corrected chi connectivity index (χ0v) is 10.4. The molecular weight excluding hydrogens is 243 g/mol. The van der Waals surface area contributed by atoms with Crippen LogP contribution in [-0.2, 0) is 11.0 Å². The predicted octanol–water partition coefficient (Wildman–Crippen LogP) is 3.86. The van der Waals surface area contributed by atoms with E-state index in [1.165, 1.54) is 24.0 Å². The Balaban J connectivity index is 3.02. The largest absolute Gasteiger partial charge is 0.416 e. The van der Waals surface area contributed by atoms with Crippen LogP contribution in [0.3, 0.4) is 0 Å². The summed E-state index contributed by atoms with van der Waals surface area (Å²) in [5.41, 5.74) is -0.437. The number of alkyl halides is 3. The summed E-state index contributed by atoms with van der Waals surface area (Å²) in [5.74, 6) is -0.247. The number of unbranched alkanes of at least 4 members (excludes halogenated alkanes) is 1. The number of carbonyl (C=O) groups excluding carboxylic acids is 1. The number of amides is 1. The third-order valence-corrected chi connectivity index (χ3v) is 2.60. The van der Waals surface area contributed by atoms with Crippen LogP contribution in [0, 0.1) is 0 Å². The molecule has 0 atom stereocenters. The van der Waals surface area contributed by atoms with Crippen LogP contribution in [0.1, 0.15) is 32.3 Å². The lowest BCUT2D eigenvalue weighted by Gasteiger charge is -2.22. The van der Waals surface area contributed by atoms with Crippen molar-refractivity contribution in [2.45, 2.75) is 32.9 Å². The summed E-state index contributed by atoms with van der Waals surface area (Å²) in [6, 6.07) is 4.85. The molecule has 0 saturated heterocycles. The van der Waals surface area contributed by atoms with Gasteiger partial charge >= 0.3 is 6.18 Å². The van der Waals surface area contributed by atoms with E-state index in [1.54, 1.807) is 0 Å².